The lowest BCUT2D eigenvalue weighted by atomic mass is 10.1. The summed E-state index contributed by atoms with van der Waals surface area (Å²) in [6.07, 6.45) is 4.73. The van der Waals surface area contributed by atoms with Gasteiger partial charge in [-0.05, 0) is 19.8 Å². The highest BCUT2D eigenvalue weighted by molar-refractivity contribution is 5.79. The SMILES string of the molecule is CCOC(=O)CCCCCCNC(=NC)NC. The molecule has 0 aliphatic rings. The maximum atomic E-state index is 11.0. The Labute approximate surface area is 104 Å². The van der Waals surface area contributed by atoms with Crippen molar-refractivity contribution < 1.29 is 9.53 Å². The molecule has 2 N–H and O–H groups in total. The summed E-state index contributed by atoms with van der Waals surface area (Å²) in [7, 11) is 3.59. The fourth-order valence-electron chi connectivity index (χ4n) is 1.47. The third-order valence-electron chi connectivity index (χ3n) is 2.37. The van der Waals surface area contributed by atoms with Crippen molar-refractivity contribution in [2.24, 2.45) is 4.99 Å². The first-order chi connectivity index (χ1) is 8.24. The highest BCUT2D eigenvalue weighted by Gasteiger charge is 2.00. The van der Waals surface area contributed by atoms with Crippen molar-refractivity contribution in [2.75, 3.05) is 27.2 Å². The van der Waals surface area contributed by atoms with E-state index in [0.29, 0.717) is 13.0 Å². The number of hydrogen-bond donors (Lipinski definition) is 2. The Balaban J connectivity index is 3.27. The van der Waals surface area contributed by atoms with E-state index >= 15 is 0 Å². The Hall–Kier alpha value is -1.26. The number of nitrogens with zero attached hydrogens (tertiary/aromatic N) is 1. The predicted molar refractivity (Wildman–Crippen MR) is 70.1 cm³/mol. The number of guanidine groups is 1. The van der Waals surface area contributed by atoms with E-state index in [1.165, 1.54) is 0 Å². The zero-order chi connectivity index (χ0) is 12.9. The molecule has 0 bridgehead atoms. The van der Waals surface area contributed by atoms with Gasteiger partial charge in [0.2, 0.25) is 0 Å². The van der Waals surface area contributed by atoms with E-state index in [9.17, 15) is 4.79 Å². The van der Waals surface area contributed by atoms with Crippen LogP contribution in [-0.2, 0) is 9.53 Å². The van der Waals surface area contributed by atoms with Crippen LogP contribution in [0.5, 0.6) is 0 Å². The maximum Gasteiger partial charge on any atom is 0.305 e. The number of aliphatic imine (C=N–C) groups is 1. The van der Waals surface area contributed by atoms with Crippen LogP contribution in [-0.4, -0.2) is 39.2 Å². The summed E-state index contributed by atoms with van der Waals surface area (Å²) < 4.78 is 4.85. The number of carbonyl (C=O) groups is 1. The van der Waals surface area contributed by atoms with Gasteiger partial charge in [0.25, 0.3) is 0 Å². The van der Waals surface area contributed by atoms with Crippen molar-refractivity contribution in [3.63, 3.8) is 0 Å². The lowest BCUT2D eigenvalue weighted by Crippen LogP contribution is -2.35. The van der Waals surface area contributed by atoms with Crippen LogP contribution in [0.25, 0.3) is 0 Å². The van der Waals surface area contributed by atoms with Crippen LogP contribution in [0.2, 0.25) is 0 Å². The average molecular weight is 243 g/mol. The van der Waals surface area contributed by atoms with Crippen molar-refractivity contribution in [3.8, 4) is 0 Å². The average Bonchev–Trinajstić information content (AvgIpc) is 2.33. The number of unbranched alkanes of at least 4 members (excludes halogenated alkanes) is 3. The van der Waals surface area contributed by atoms with E-state index in [2.05, 4.69) is 15.6 Å². The molecule has 0 saturated heterocycles. The molecule has 0 radical (unpaired) electrons. The van der Waals surface area contributed by atoms with Gasteiger partial charge in [-0.1, -0.05) is 12.8 Å². The molecule has 0 aromatic rings. The van der Waals surface area contributed by atoms with Crippen LogP contribution in [0.4, 0.5) is 0 Å². The molecule has 0 aliphatic carbocycles. The Bertz CT molecular complexity index is 230. The summed E-state index contributed by atoms with van der Waals surface area (Å²) in [5, 5.41) is 6.15. The standard InChI is InChI=1S/C12H25N3O2/c1-4-17-11(16)9-7-5-6-8-10-15-12(13-2)14-3/h4-10H2,1-3H3,(H2,13,14,15). The number of nitrogens with one attached hydrogen (secondary N) is 2. The van der Waals surface area contributed by atoms with Crippen molar-refractivity contribution in [2.45, 2.75) is 39.0 Å². The monoisotopic (exact) mass is 243 g/mol. The second-order valence-corrected chi connectivity index (χ2v) is 3.72. The van der Waals surface area contributed by atoms with Crippen molar-refractivity contribution >= 4 is 11.9 Å². The first kappa shape index (κ1) is 15.7. The molecule has 0 spiro atoms. The minimum Gasteiger partial charge on any atom is -0.466 e. The summed E-state index contributed by atoms with van der Waals surface area (Å²) in [5.74, 6) is 0.734. The minimum absolute atomic E-state index is 0.0822. The Morgan fingerprint density at radius 1 is 1.24 bits per heavy atom. The van der Waals surface area contributed by atoms with E-state index in [1.54, 1.807) is 7.05 Å². The molecular formula is C12H25N3O2. The molecule has 100 valence electrons. The largest absolute Gasteiger partial charge is 0.466 e. The quantitative estimate of drug-likeness (QED) is 0.292. The second-order valence-electron chi connectivity index (χ2n) is 3.72. The van der Waals surface area contributed by atoms with Crippen LogP contribution in [0.15, 0.2) is 4.99 Å². The summed E-state index contributed by atoms with van der Waals surface area (Å²) in [5.41, 5.74) is 0. The first-order valence-corrected chi connectivity index (χ1v) is 6.28. The number of rotatable bonds is 8. The zero-order valence-corrected chi connectivity index (χ0v) is 11.2. The Morgan fingerprint density at radius 3 is 2.53 bits per heavy atom. The van der Waals surface area contributed by atoms with E-state index in [0.717, 1.165) is 38.2 Å². The van der Waals surface area contributed by atoms with Gasteiger partial charge in [0.05, 0.1) is 6.61 Å². The summed E-state index contributed by atoms with van der Waals surface area (Å²) in [4.78, 5) is 15.1. The van der Waals surface area contributed by atoms with E-state index in [4.69, 9.17) is 4.74 Å². The van der Waals surface area contributed by atoms with Crippen LogP contribution >= 0.6 is 0 Å². The molecule has 17 heavy (non-hydrogen) atoms. The molecule has 0 unspecified atom stereocenters. The molecule has 0 saturated carbocycles. The van der Waals surface area contributed by atoms with Gasteiger partial charge in [0.1, 0.15) is 0 Å². The van der Waals surface area contributed by atoms with Gasteiger partial charge in [0.15, 0.2) is 5.96 Å². The second kappa shape index (κ2) is 11.2. The third kappa shape index (κ3) is 9.66. The van der Waals surface area contributed by atoms with Gasteiger partial charge in [-0.15, -0.1) is 0 Å². The molecule has 0 aromatic heterocycles. The van der Waals surface area contributed by atoms with Crippen LogP contribution < -0.4 is 10.6 Å². The van der Waals surface area contributed by atoms with Gasteiger partial charge in [-0.3, -0.25) is 9.79 Å². The van der Waals surface area contributed by atoms with Gasteiger partial charge in [0, 0.05) is 27.1 Å². The van der Waals surface area contributed by atoms with Gasteiger partial charge >= 0.3 is 5.97 Å². The molecular weight excluding hydrogens is 218 g/mol. The molecule has 0 atom stereocenters. The summed E-state index contributed by atoms with van der Waals surface area (Å²) >= 11 is 0. The number of esters is 1. The van der Waals surface area contributed by atoms with Crippen molar-refractivity contribution in [3.05, 3.63) is 0 Å². The molecule has 0 aliphatic heterocycles. The lowest BCUT2D eigenvalue weighted by Gasteiger charge is -2.07. The van der Waals surface area contributed by atoms with Crippen molar-refractivity contribution in [1.29, 1.82) is 0 Å². The highest BCUT2D eigenvalue weighted by Crippen LogP contribution is 2.03. The molecule has 0 aromatic carbocycles. The summed E-state index contributed by atoms with van der Waals surface area (Å²) in [6, 6.07) is 0. The van der Waals surface area contributed by atoms with Gasteiger partial charge in [-0.25, -0.2) is 0 Å². The fourth-order valence-corrected chi connectivity index (χ4v) is 1.47. The minimum atomic E-state index is -0.0822. The Kier molecular flexibility index (Phi) is 10.4. The lowest BCUT2D eigenvalue weighted by molar-refractivity contribution is -0.143. The maximum absolute atomic E-state index is 11.0. The Morgan fingerprint density at radius 2 is 1.94 bits per heavy atom. The molecule has 0 rings (SSSR count). The van der Waals surface area contributed by atoms with Gasteiger partial charge < -0.3 is 15.4 Å². The highest BCUT2D eigenvalue weighted by atomic mass is 16.5. The first-order valence-electron chi connectivity index (χ1n) is 6.28. The van der Waals surface area contributed by atoms with Crippen LogP contribution in [0.3, 0.4) is 0 Å². The number of carbonyl (C=O) groups excluding carboxylic acids is 1. The summed E-state index contributed by atoms with van der Waals surface area (Å²) in [6.45, 7) is 3.22. The third-order valence-corrected chi connectivity index (χ3v) is 2.37. The molecule has 5 heteroatoms. The molecule has 0 amide bonds. The van der Waals surface area contributed by atoms with Gasteiger partial charge in [-0.2, -0.15) is 0 Å². The van der Waals surface area contributed by atoms with E-state index < -0.39 is 0 Å². The van der Waals surface area contributed by atoms with E-state index in [-0.39, 0.29) is 5.97 Å². The van der Waals surface area contributed by atoms with Crippen LogP contribution in [0.1, 0.15) is 39.0 Å². The van der Waals surface area contributed by atoms with Crippen molar-refractivity contribution in [1.82, 2.24) is 10.6 Å². The normalized spacial score (nSPS) is 11.1. The van der Waals surface area contributed by atoms with Crippen LogP contribution in [0, 0.1) is 0 Å². The smallest absolute Gasteiger partial charge is 0.305 e. The predicted octanol–water partition coefficient (Wildman–Crippen LogP) is 1.29. The topological polar surface area (TPSA) is 62.7 Å². The number of ether oxygens (including phenoxy) is 1. The van der Waals surface area contributed by atoms with E-state index in [1.807, 2.05) is 14.0 Å². The zero-order valence-electron chi connectivity index (χ0n) is 11.2. The molecule has 0 heterocycles. The molecule has 0 fully saturated rings. The number of hydrogen-bond acceptors (Lipinski definition) is 3. The molecule has 5 nitrogen and oxygen atoms in total. The fraction of sp³-hybridized carbons (Fsp3) is 0.833.